The lowest BCUT2D eigenvalue weighted by Gasteiger charge is -2.11. The van der Waals surface area contributed by atoms with Crippen molar-refractivity contribution in [1.29, 1.82) is 0 Å². The van der Waals surface area contributed by atoms with Gasteiger partial charge in [0.15, 0.2) is 0 Å². The molecule has 2 aromatic rings. The van der Waals surface area contributed by atoms with Crippen LogP contribution in [0.5, 0.6) is 0 Å². The van der Waals surface area contributed by atoms with Gasteiger partial charge < -0.3 is 9.47 Å². The second-order valence-corrected chi connectivity index (χ2v) is 7.61. The number of hydrogen-bond acceptors (Lipinski definition) is 6. The summed E-state index contributed by atoms with van der Waals surface area (Å²) in [5, 5.41) is 0.475. The maximum Gasteiger partial charge on any atom is 0.347 e. The second-order valence-electron chi connectivity index (χ2n) is 5.49. The molecular formula is C17H14ClNO6S. The molecule has 1 aliphatic rings. The van der Waals surface area contributed by atoms with E-state index in [1.807, 2.05) is 0 Å². The molecule has 1 atom stereocenters. The van der Waals surface area contributed by atoms with Gasteiger partial charge in [-0.05, 0) is 42.5 Å². The number of rotatable bonds is 5. The topological polar surface area (TPSA) is 98.8 Å². The van der Waals surface area contributed by atoms with Crippen LogP contribution in [0.3, 0.4) is 0 Å². The van der Waals surface area contributed by atoms with E-state index in [1.54, 1.807) is 12.1 Å². The van der Waals surface area contributed by atoms with Crippen molar-refractivity contribution in [3.05, 3.63) is 59.1 Å². The summed E-state index contributed by atoms with van der Waals surface area (Å²) in [6, 6.07) is 11.5. The number of hydrogen-bond donors (Lipinski definition) is 1. The quantitative estimate of drug-likeness (QED) is 0.781. The third-order valence-electron chi connectivity index (χ3n) is 3.61. The Morgan fingerprint density at radius 2 is 1.92 bits per heavy atom. The van der Waals surface area contributed by atoms with Crippen LogP contribution in [0.25, 0.3) is 0 Å². The molecular weight excluding hydrogens is 382 g/mol. The molecule has 1 fully saturated rings. The Morgan fingerprint density at radius 1 is 1.19 bits per heavy atom. The molecule has 3 rings (SSSR count). The first-order valence-electron chi connectivity index (χ1n) is 7.61. The lowest BCUT2D eigenvalue weighted by molar-refractivity contribution is -0.145. The summed E-state index contributed by atoms with van der Waals surface area (Å²) in [6.07, 6.45) is -0.685. The number of cyclic esters (lactones) is 1. The maximum absolute atomic E-state index is 12.5. The summed E-state index contributed by atoms with van der Waals surface area (Å²) in [6.45, 7) is 0.191. The van der Waals surface area contributed by atoms with Crippen LogP contribution in [-0.4, -0.2) is 33.1 Å². The number of nitrogens with one attached hydrogen (secondary N) is 1. The minimum absolute atomic E-state index is 0.0173. The maximum atomic E-state index is 12.5. The van der Waals surface area contributed by atoms with Crippen molar-refractivity contribution in [3.63, 3.8) is 0 Å². The third kappa shape index (κ3) is 4.14. The predicted octanol–water partition coefficient (Wildman–Crippen LogP) is 2.61. The Bertz CT molecular complexity index is 942. The van der Waals surface area contributed by atoms with E-state index in [1.165, 1.54) is 36.4 Å². The molecule has 1 unspecified atom stereocenters. The molecule has 2 aromatic carbocycles. The Labute approximate surface area is 154 Å². The van der Waals surface area contributed by atoms with Crippen LogP contribution in [-0.2, 0) is 24.3 Å². The fourth-order valence-electron chi connectivity index (χ4n) is 2.30. The van der Waals surface area contributed by atoms with Gasteiger partial charge in [-0.3, -0.25) is 4.72 Å². The minimum Gasteiger partial charge on any atom is -0.463 e. The minimum atomic E-state index is -3.91. The summed E-state index contributed by atoms with van der Waals surface area (Å²) in [5.41, 5.74) is 0.347. The van der Waals surface area contributed by atoms with Gasteiger partial charge in [-0.1, -0.05) is 17.7 Å². The number of halogens is 1. The van der Waals surface area contributed by atoms with E-state index in [-0.39, 0.29) is 23.5 Å². The Morgan fingerprint density at radius 3 is 2.58 bits per heavy atom. The molecule has 0 radical (unpaired) electrons. The number of esters is 2. The number of carbonyl (C=O) groups is 2. The number of carbonyl (C=O) groups excluding carboxylic acids is 2. The largest absolute Gasteiger partial charge is 0.463 e. The van der Waals surface area contributed by atoms with Gasteiger partial charge in [0, 0.05) is 17.1 Å². The van der Waals surface area contributed by atoms with Crippen molar-refractivity contribution < 1.29 is 27.5 Å². The molecule has 9 heteroatoms. The highest BCUT2D eigenvalue weighted by atomic mass is 35.5. The molecule has 7 nitrogen and oxygen atoms in total. The average molecular weight is 396 g/mol. The molecule has 1 heterocycles. The first-order chi connectivity index (χ1) is 12.3. The molecule has 136 valence electrons. The summed E-state index contributed by atoms with van der Waals surface area (Å²) in [5.74, 6) is -1.40. The first-order valence-corrected chi connectivity index (χ1v) is 9.47. The second kappa shape index (κ2) is 7.35. The highest BCUT2D eigenvalue weighted by Crippen LogP contribution is 2.20. The molecule has 0 saturated carbocycles. The number of benzene rings is 2. The highest BCUT2D eigenvalue weighted by molar-refractivity contribution is 7.92. The summed E-state index contributed by atoms with van der Waals surface area (Å²) < 4.78 is 37.2. The highest BCUT2D eigenvalue weighted by Gasteiger charge is 2.30. The van der Waals surface area contributed by atoms with Crippen molar-refractivity contribution in [2.45, 2.75) is 17.4 Å². The Balaban J connectivity index is 1.78. The Kier molecular flexibility index (Phi) is 5.15. The monoisotopic (exact) mass is 395 g/mol. The van der Waals surface area contributed by atoms with Crippen LogP contribution in [0.1, 0.15) is 16.8 Å². The van der Waals surface area contributed by atoms with E-state index < -0.39 is 28.1 Å². The van der Waals surface area contributed by atoms with E-state index in [4.69, 9.17) is 21.1 Å². The predicted molar refractivity (Wildman–Crippen MR) is 93.5 cm³/mol. The molecule has 26 heavy (non-hydrogen) atoms. The smallest absolute Gasteiger partial charge is 0.347 e. The van der Waals surface area contributed by atoms with Gasteiger partial charge in [0.1, 0.15) is 0 Å². The third-order valence-corrected chi connectivity index (χ3v) is 5.24. The van der Waals surface area contributed by atoms with Crippen LogP contribution in [0.15, 0.2) is 53.4 Å². The van der Waals surface area contributed by atoms with Gasteiger partial charge in [-0.2, -0.15) is 0 Å². The van der Waals surface area contributed by atoms with E-state index in [9.17, 15) is 18.0 Å². The van der Waals surface area contributed by atoms with E-state index in [0.29, 0.717) is 10.7 Å². The van der Waals surface area contributed by atoms with Crippen LogP contribution >= 0.6 is 11.6 Å². The summed E-state index contributed by atoms with van der Waals surface area (Å²) >= 11 is 5.77. The molecule has 0 amide bonds. The first kappa shape index (κ1) is 18.2. The summed E-state index contributed by atoms with van der Waals surface area (Å²) in [7, 11) is -3.91. The number of anilines is 1. The van der Waals surface area contributed by atoms with Crippen molar-refractivity contribution in [2.75, 3.05) is 11.3 Å². The van der Waals surface area contributed by atoms with Crippen LogP contribution < -0.4 is 4.72 Å². The molecule has 0 spiro atoms. The molecule has 1 aliphatic heterocycles. The molecule has 0 bridgehead atoms. The van der Waals surface area contributed by atoms with Crippen molar-refractivity contribution in [3.8, 4) is 0 Å². The summed E-state index contributed by atoms with van der Waals surface area (Å²) in [4.78, 5) is 23.4. The van der Waals surface area contributed by atoms with Crippen molar-refractivity contribution in [1.82, 2.24) is 0 Å². The Hall–Kier alpha value is -2.58. The van der Waals surface area contributed by atoms with E-state index in [0.717, 1.165) is 0 Å². The number of ether oxygens (including phenoxy) is 2. The van der Waals surface area contributed by atoms with Gasteiger partial charge >= 0.3 is 11.9 Å². The van der Waals surface area contributed by atoms with Crippen molar-refractivity contribution in [2.24, 2.45) is 0 Å². The average Bonchev–Trinajstić information content (AvgIpc) is 3.02. The lowest BCUT2D eigenvalue weighted by Crippen LogP contribution is -2.23. The SMILES string of the molecule is O=C(OC1CCOC1=O)c1cccc(S(=O)(=O)Nc2ccc(Cl)cc2)c1. The van der Waals surface area contributed by atoms with Gasteiger partial charge in [0.25, 0.3) is 10.0 Å². The van der Waals surface area contributed by atoms with Gasteiger partial charge in [0.2, 0.25) is 6.10 Å². The zero-order chi connectivity index (χ0) is 18.7. The fourth-order valence-corrected chi connectivity index (χ4v) is 3.53. The number of sulfonamides is 1. The van der Waals surface area contributed by atoms with Crippen LogP contribution in [0, 0.1) is 0 Å². The van der Waals surface area contributed by atoms with E-state index in [2.05, 4.69) is 4.72 Å². The van der Waals surface area contributed by atoms with Crippen molar-refractivity contribution >= 4 is 39.3 Å². The zero-order valence-corrected chi connectivity index (χ0v) is 14.9. The van der Waals surface area contributed by atoms with Crippen LogP contribution in [0.4, 0.5) is 5.69 Å². The van der Waals surface area contributed by atoms with Gasteiger partial charge in [0.05, 0.1) is 17.1 Å². The van der Waals surface area contributed by atoms with Gasteiger partial charge in [-0.25, -0.2) is 18.0 Å². The lowest BCUT2D eigenvalue weighted by atomic mass is 10.2. The van der Waals surface area contributed by atoms with E-state index >= 15 is 0 Å². The fraction of sp³-hybridized carbons (Fsp3) is 0.176. The standard InChI is InChI=1S/C17H14ClNO6S/c18-12-4-6-13(7-5-12)19-26(22,23)14-3-1-2-11(10-14)16(20)25-15-8-9-24-17(15)21/h1-7,10,15,19H,8-9H2. The zero-order valence-electron chi connectivity index (χ0n) is 13.3. The van der Waals surface area contributed by atoms with Gasteiger partial charge in [-0.15, -0.1) is 0 Å². The molecule has 1 N–H and O–H groups in total. The normalized spacial score (nSPS) is 16.8. The molecule has 0 aliphatic carbocycles. The molecule has 0 aromatic heterocycles. The molecule has 1 saturated heterocycles. The van der Waals surface area contributed by atoms with Crippen LogP contribution in [0.2, 0.25) is 5.02 Å².